The molecule has 100 valence electrons. The molecule has 2 atom stereocenters. The van der Waals surface area contributed by atoms with Crippen LogP contribution in [-0.4, -0.2) is 6.04 Å². The number of hydrogen-bond acceptors (Lipinski definition) is 2. The predicted molar refractivity (Wildman–Crippen MR) is 79.3 cm³/mol. The van der Waals surface area contributed by atoms with Gasteiger partial charge in [0, 0.05) is 12.5 Å². The van der Waals surface area contributed by atoms with E-state index in [2.05, 4.69) is 31.2 Å². The molecule has 0 aliphatic rings. The zero-order valence-corrected chi connectivity index (χ0v) is 11.5. The summed E-state index contributed by atoms with van der Waals surface area (Å²) in [6.45, 7) is 4.08. The molecular formula is C17H21NO. The van der Waals surface area contributed by atoms with Crippen LogP contribution in [-0.2, 0) is 0 Å². The van der Waals surface area contributed by atoms with Crippen molar-refractivity contribution in [2.45, 2.75) is 32.4 Å². The van der Waals surface area contributed by atoms with Crippen LogP contribution >= 0.6 is 0 Å². The van der Waals surface area contributed by atoms with Crippen LogP contribution in [0.1, 0.15) is 30.6 Å². The summed E-state index contributed by atoms with van der Waals surface area (Å²) in [5, 5.41) is 0. The summed E-state index contributed by atoms with van der Waals surface area (Å²) in [4.78, 5) is 0. The minimum absolute atomic E-state index is 0.00362. The molecule has 0 bridgehead atoms. The molecule has 0 aromatic heterocycles. The Morgan fingerprint density at radius 2 is 1.63 bits per heavy atom. The third-order valence-electron chi connectivity index (χ3n) is 3.06. The molecule has 0 amide bonds. The summed E-state index contributed by atoms with van der Waals surface area (Å²) < 4.78 is 6.09. The molecule has 0 radical (unpaired) electrons. The number of rotatable bonds is 5. The Bertz CT molecular complexity index is 490. The van der Waals surface area contributed by atoms with Crippen LogP contribution in [0, 0.1) is 6.92 Å². The molecule has 2 aromatic rings. The van der Waals surface area contributed by atoms with Gasteiger partial charge in [-0.25, -0.2) is 0 Å². The van der Waals surface area contributed by atoms with E-state index in [0.717, 1.165) is 12.2 Å². The van der Waals surface area contributed by atoms with E-state index in [0.29, 0.717) is 0 Å². The number of aryl methyl sites for hydroxylation is 1. The van der Waals surface area contributed by atoms with Gasteiger partial charge in [0.1, 0.15) is 11.9 Å². The van der Waals surface area contributed by atoms with Crippen LogP contribution in [0.25, 0.3) is 0 Å². The van der Waals surface area contributed by atoms with Gasteiger partial charge in [-0.2, -0.15) is 0 Å². The maximum absolute atomic E-state index is 6.09. The lowest BCUT2D eigenvalue weighted by atomic mass is 10.0. The van der Waals surface area contributed by atoms with Gasteiger partial charge in [0.25, 0.3) is 0 Å². The summed E-state index contributed by atoms with van der Waals surface area (Å²) in [5.41, 5.74) is 8.33. The van der Waals surface area contributed by atoms with Crippen LogP contribution in [0.5, 0.6) is 5.75 Å². The highest BCUT2D eigenvalue weighted by Gasteiger charge is 2.15. The van der Waals surface area contributed by atoms with Gasteiger partial charge in [-0.15, -0.1) is 0 Å². The normalized spacial score (nSPS) is 13.8. The van der Waals surface area contributed by atoms with Gasteiger partial charge >= 0.3 is 0 Å². The second-order valence-electron chi connectivity index (χ2n) is 5.04. The highest BCUT2D eigenvalue weighted by Crippen LogP contribution is 2.25. The van der Waals surface area contributed by atoms with Crippen molar-refractivity contribution in [3.63, 3.8) is 0 Å². The fourth-order valence-corrected chi connectivity index (χ4v) is 2.04. The number of ether oxygens (including phenoxy) is 1. The van der Waals surface area contributed by atoms with E-state index in [4.69, 9.17) is 10.5 Å². The lowest BCUT2D eigenvalue weighted by molar-refractivity contribution is 0.187. The lowest BCUT2D eigenvalue weighted by Gasteiger charge is -2.21. The Labute approximate surface area is 115 Å². The molecule has 2 unspecified atom stereocenters. The van der Waals surface area contributed by atoms with E-state index < -0.39 is 0 Å². The molecule has 0 fully saturated rings. The van der Waals surface area contributed by atoms with Crippen molar-refractivity contribution < 1.29 is 4.74 Å². The number of benzene rings is 2. The Hall–Kier alpha value is -1.80. The van der Waals surface area contributed by atoms with Gasteiger partial charge in [0.05, 0.1) is 0 Å². The zero-order chi connectivity index (χ0) is 13.7. The Kier molecular flexibility index (Phi) is 4.58. The van der Waals surface area contributed by atoms with Gasteiger partial charge in [0.2, 0.25) is 0 Å². The van der Waals surface area contributed by atoms with Gasteiger partial charge < -0.3 is 10.5 Å². The van der Waals surface area contributed by atoms with Crippen molar-refractivity contribution in [2.24, 2.45) is 5.73 Å². The summed E-state index contributed by atoms with van der Waals surface area (Å²) in [7, 11) is 0. The van der Waals surface area contributed by atoms with Crippen molar-refractivity contribution in [2.75, 3.05) is 0 Å². The third kappa shape index (κ3) is 4.11. The molecular weight excluding hydrogens is 234 g/mol. The van der Waals surface area contributed by atoms with Crippen LogP contribution in [0.3, 0.4) is 0 Å². The molecule has 2 rings (SSSR count). The standard InChI is InChI=1S/C17H21NO/c1-13-8-10-16(11-9-13)19-17(12-14(2)18)15-6-4-3-5-7-15/h3-11,14,17H,12,18H2,1-2H3. The molecule has 2 nitrogen and oxygen atoms in total. The van der Waals surface area contributed by atoms with Gasteiger partial charge in [0.15, 0.2) is 0 Å². The van der Waals surface area contributed by atoms with Gasteiger partial charge in [-0.05, 0) is 31.5 Å². The average Bonchev–Trinajstić information content (AvgIpc) is 2.41. The maximum atomic E-state index is 6.09. The molecule has 2 heteroatoms. The molecule has 0 heterocycles. The number of hydrogen-bond donors (Lipinski definition) is 1. The topological polar surface area (TPSA) is 35.2 Å². The number of nitrogens with two attached hydrogens (primary N) is 1. The minimum atomic E-state index is 0.00362. The smallest absolute Gasteiger partial charge is 0.125 e. The van der Waals surface area contributed by atoms with Gasteiger partial charge in [-0.3, -0.25) is 0 Å². The quantitative estimate of drug-likeness (QED) is 0.880. The molecule has 0 spiro atoms. The Balaban J connectivity index is 2.16. The molecule has 19 heavy (non-hydrogen) atoms. The highest BCUT2D eigenvalue weighted by atomic mass is 16.5. The molecule has 0 aliphatic heterocycles. The highest BCUT2D eigenvalue weighted by molar-refractivity contribution is 5.28. The molecule has 0 saturated carbocycles. The molecule has 2 N–H and O–H groups in total. The van der Waals surface area contributed by atoms with Crippen LogP contribution in [0.2, 0.25) is 0 Å². The van der Waals surface area contributed by atoms with Gasteiger partial charge in [-0.1, -0.05) is 48.0 Å². The van der Waals surface area contributed by atoms with Crippen molar-refractivity contribution in [1.82, 2.24) is 0 Å². The lowest BCUT2D eigenvalue weighted by Crippen LogP contribution is -2.21. The average molecular weight is 255 g/mol. The third-order valence-corrected chi connectivity index (χ3v) is 3.06. The summed E-state index contributed by atoms with van der Waals surface area (Å²) >= 11 is 0. The molecule has 0 saturated heterocycles. The summed E-state index contributed by atoms with van der Waals surface area (Å²) in [6.07, 6.45) is 0.807. The molecule has 2 aromatic carbocycles. The zero-order valence-electron chi connectivity index (χ0n) is 11.5. The first kappa shape index (κ1) is 13.6. The van der Waals surface area contributed by atoms with Crippen molar-refractivity contribution in [3.8, 4) is 5.75 Å². The Morgan fingerprint density at radius 3 is 2.21 bits per heavy atom. The summed E-state index contributed by atoms with van der Waals surface area (Å²) in [5.74, 6) is 0.889. The Morgan fingerprint density at radius 1 is 1.00 bits per heavy atom. The monoisotopic (exact) mass is 255 g/mol. The fourth-order valence-electron chi connectivity index (χ4n) is 2.04. The first-order valence-electron chi connectivity index (χ1n) is 6.69. The fraction of sp³-hybridized carbons (Fsp3) is 0.294. The largest absolute Gasteiger partial charge is 0.486 e. The van der Waals surface area contributed by atoms with E-state index in [1.54, 1.807) is 0 Å². The van der Waals surface area contributed by atoms with Crippen molar-refractivity contribution in [3.05, 3.63) is 65.7 Å². The van der Waals surface area contributed by atoms with E-state index in [-0.39, 0.29) is 12.1 Å². The molecule has 0 aliphatic carbocycles. The van der Waals surface area contributed by atoms with Crippen molar-refractivity contribution in [1.29, 1.82) is 0 Å². The van der Waals surface area contributed by atoms with Crippen LogP contribution in [0.15, 0.2) is 54.6 Å². The first-order chi connectivity index (χ1) is 9.15. The van der Waals surface area contributed by atoms with E-state index in [9.17, 15) is 0 Å². The van der Waals surface area contributed by atoms with Crippen LogP contribution in [0.4, 0.5) is 0 Å². The SMILES string of the molecule is Cc1ccc(OC(CC(C)N)c2ccccc2)cc1. The maximum Gasteiger partial charge on any atom is 0.125 e. The van der Waals surface area contributed by atoms with E-state index in [1.807, 2.05) is 37.3 Å². The van der Waals surface area contributed by atoms with E-state index >= 15 is 0 Å². The predicted octanol–water partition coefficient (Wildman–Crippen LogP) is 3.85. The minimum Gasteiger partial charge on any atom is -0.486 e. The second-order valence-corrected chi connectivity index (χ2v) is 5.04. The van der Waals surface area contributed by atoms with E-state index in [1.165, 1.54) is 11.1 Å². The van der Waals surface area contributed by atoms with Crippen molar-refractivity contribution >= 4 is 0 Å². The first-order valence-corrected chi connectivity index (χ1v) is 6.69. The van der Waals surface area contributed by atoms with Crippen LogP contribution < -0.4 is 10.5 Å². The summed E-state index contributed by atoms with van der Waals surface area (Å²) in [6, 6.07) is 18.5. The second kappa shape index (κ2) is 6.39.